The minimum atomic E-state index is -2.09. The van der Waals surface area contributed by atoms with Gasteiger partial charge in [-0.25, -0.2) is 0 Å². The number of piperidine rings is 1. The van der Waals surface area contributed by atoms with Crippen LogP contribution in [0.1, 0.15) is 69.9 Å². The number of benzene rings is 4. The predicted molar refractivity (Wildman–Crippen MR) is 152 cm³/mol. The maximum absolute atomic E-state index is 9.55. The zero-order valence-corrected chi connectivity index (χ0v) is 21.2. The molecule has 1 aliphatic heterocycles. The lowest BCUT2D eigenvalue weighted by molar-refractivity contribution is 0.0870. The summed E-state index contributed by atoms with van der Waals surface area (Å²) in [4.78, 5) is 0. The lowest BCUT2D eigenvalue weighted by Crippen LogP contribution is -2.42. The molecule has 3 unspecified atom stereocenters. The molecule has 7 rings (SSSR count). The Bertz CT molecular complexity index is 1740. The van der Waals surface area contributed by atoms with E-state index in [0.29, 0.717) is 13.0 Å². The van der Waals surface area contributed by atoms with E-state index in [9.17, 15) is 1.37 Å². The molecule has 184 valence electrons. The molecular formula is C34H37NO. The zero-order valence-electron chi connectivity index (χ0n) is 25.2. The third-order valence-electron chi connectivity index (χ3n) is 9.10. The molecule has 0 bridgehead atoms. The van der Waals surface area contributed by atoms with Crippen LogP contribution in [0.25, 0.3) is 43.5 Å². The summed E-state index contributed by atoms with van der Waals surface area (Å²) in [7, 11) is 0. The van der Waals surface area contributed by atoms with Gasteiger partial charge in [0.1, 0.15) is 11.2 Å². The van der Waals surface area contributed by atoms with Gasteiger partial charge in [-0.05, 0) is 95.5 Å². The number of rotatable bonds is 2. The summed E-state index contributed by atoms with van der Waals surface area (Å²) in [5, 5.41) is 10.6. The van der Waals surface area contributed by atoms with Gasteiger partial charge in [0.2, 0.25) is 0 Å². The zero-order chi connectivity index (χ0) is 27.9. The molecule has 5 aromatic rings. The molecule has 3 atom stereocenters. The summed E-state index contributed by atoms with van der Waals surface area (Å²) < 4.78 is 41.2. The fourth-order valence-electron chi connectivity index (χ4n) is 6.81. The second-order valence-corrected chi connectivity index (χ2v) is 11.9. The summed E-state index contributed by atoms with van der Waals surface area (Å²) in [5.74, 6) is -1.43. The van der Waals surface area contributed by atoms with Crippen LogP contribution in [-0.2, 0) is 0 Å². The molecule has 2 fully saturated rings. The molecule has 1 aromatic heterocycles. The van der Waals surface area contributed by atoms with Crippen LogP contribution >= 0.6 is 0 Å². The maximum Gasteiger partial charge on any atom is 0.140 e. The Labute approximate surface area is 219 Å². The van der Waals surface area contributed by atoms with Gasteiger partial charge in [0, 0.05) is 27.9 Å². The highest BCUT2D eigenvalue weighted by Crippen LogP contribution is 2.47. The van der Waals surface area contributed by atoms with Gasteiger partial charge in [0.25, 0.3) is 0 Å². The Morgan fingerprint density at radius 3 is 2.56 bits per heavy atom. The third-order valence-corrected chi connectivity index (χ3v) is 9.10. The van der Waals surface area contributed by atoms with Gasteiger partial charge in [0.15, 0.2) is 0 Å². The van der Waals surface area contributed by atoms with Crippen LogP contribution in [0.5, 0.6) is 0 Å². The Morgan fingerprint density at radius 1 is 0.889 bits per heavy atom. The molecule has 1 aliphatic carbocycles. The van der Waals surface area contributed by atoms with Gasteiger partial charge < -0.3 is 9.73 Å². The van der Waals surface area contributed by atoms with Crippen LogP contribution in [0, 0.1) is 23.1 Å². The maximum atomic E-state index is 9.55. The molecule has 2 aliphatic rings. The Hall–Kier alpha value is -2.84. The van der Waals surface area contributed by atoms with Crippen molar-refractivity contribution in [1.29, 1.82) is 0 Å². The van der Waals surface area contributed by atoms with E-state index in [0.717, 1.165) is 53.2 Å². The Kier molecular flexibility index (Phi) is 4.27. The second-order valence-electron chi connectivity index (χ2n) is 11.9. The summed E-state index contributed by atoms with van der Waals surface area (Å²) in [6.45, 7) is 2.85. The molecule has 1 N–H and O–H groups in total. The van der Waals surface area contributed by atoms with Gasteiger partial charge in [-0.3, -0.25) is 0 Å². The molecule has 0 amide bonds. The number of fused-ring (bicyclic) bond motifs is 6. The van der Waals surface area contributed by atoms with Crippen LogP contribution in [0.15, 0.2) is 71.1 Å². The Morgan fingerprint density at radius 2 is 1.69 bits per heavy atom. The van der Waals surface area contributed by atoms with E-state index >= 15 is 0 Å². The van der Waals surface area contributed by atoms with Gasteiger partial charge in [0.05, 0.1) is 0 Å². The molecular weight excluding hydrogens is 438 g/mol. The standard InChI is InChI=1S/C34H37NO/c1-21-20-35-31(18-28(21)23-13-15-34(2,3)16-14-23)27-10-6-9-26-30-17-24-12-11-22-7-4-5-8-25(22)29(24)19-32(30)36-33(26)27/h4-12,17,19,21,23,28,31,35H,13-16,18,20H2,1-3H3/i1D3,23D. The molecule has 4 aromatic carbocycles. The van der Waals surface area contributed by atoms with E-state index in [1.54, 1.807) is 0 Å². The topological polar surface area (TPSA) is 25.2 Å². The van der Waals surface area contributed by atoms with Gasteiger partial charge in [-0.15, -0.1) is 0 Å². The highest BCUT2D eigenvalue weighted by atomic mass is 16.3. The summed E-state index contributed by atoms with van der Waals surface area (Å²) >= 11 is 0. The van der Waals surface area contributed by atoms with E-state index in [1.807, 2.05) is 0 Å². The van der Waals surface area contributed by atoms with E-state index in [1.165, 1.54) is 21.5 Å². The molecule has 2 nitrogen and oxygen atoms in total. The quantitative estimate of drug-likeness (QED) is 0.255. The molecule has 36 heavy (non-hydrogen) atoms. The SMILES string of the molecule is [2H]C([2H])([2H])C1CNC(c2cccc3c2oc2cc4c(ccc5ccccc54)cc23)CC1C1([2H])CCC(C)(C)CC1. The van der Waals surface area contributed by atoms with Crippen LogP contribution in [0.2, 0.25) is 0 Å². The van der Waals surface area contributed by atoms with E-state index < -0.39 is 18.7 Å². The van der Waals surface area contributed by atoms with Crippen molar-refractivity contribution in [2.45, 2.75) is 58.8 Å². The Balaban J connectivity index is 1.31. The number of para-hydroxylation sites is 1. The predicted octanol–water partition coefficient (Wildman–Crippen LogP) is 9.40. The first kappa shape index (κ1) is 18.4. The fraction of sp³-hybridized carbons (Fsp3) is 0.412. The van der Waals surface area contributed by atoms with Crippen molar-refractivity contribution in [3.63, 3.8) is 0 Å². The van der Waals surface area contributed by atoms with Gasteiger partial charge in [-0.2, -0.15) is 0 Å². The van der Waals surface area contributed by atoms with Crippen LogP contribution in [0.4, 0.5) is 0 Å². The monoisotopic (exact) mass is 479 g/mol. The molecule has 0 spiro atoms. The number of hydrogen-bond acceptors (Lipinski definition) is 2. The largest absolute Gasteiger partial charge is 0.456 e. The molecule has 1 saturated heterocycles. The van der Waals surface area contributed by atoms with Crippen molar-refractivity contribution in [2.24, 2.45) is 23.1 Å². The lowest BCUT2D eigenvalue weighted by Gasteiger charge is -2.44. The minimum Gasteiger partial charge on any atom is -0.456 e. The third kappa shape index (κ3) is 3.65. The first-order chi connectivity index (χ1) is 19.0. The highest BCUT2D eigenvalue weighted by Gasteiger charge is 2.38. The van der Waals surface area contributed by atoms with Gasteiger partial charge >= 0.3 is 0 Å². The number of nitrogens with one attached hydrogen (secondary N) is 1. The molecule has 2 heteroatoms. The average molecular weight is 480 g/mol. The molecule has 2 heterocycles. The number of hydrogen-bond donors (Lipinski definition) is 1. The van der Waals surface area contributed by atoms with Crippen molar-refractivity contribution in [2.75, 3.05) is 6.54 Å². The molecule has 1 saturated carbocycles. The van der Waals surface area contributed by atoms with E-state index in [4.69, 9.17) is 8.53 Å². The fourth-order valence-corrected chi connectivity index (χ4v) is 6.81. The summed E-state index contributed by atoms with van der Waals surface area (Å²) in [5.41, 5.74) is 3.02. The first-order valence-electron chi connectivity index (χ1n) is 15.5. The minimum absolute atomic E-state index is 0.0553. The van der Waals surface area contributed by atoms with Crippen molar-refractivity contribution >= 4 is 43.5 Å². The van der Waals surface area contributed by atoms with Crippen molar-refractivity contribution in [3.05, 3.63) is 72.3 Å². The van der Waals surface area contributed by atoms with E-state index in [2.05, 4.69) is 85.9 Å². The summed E-state index contributed by atoms with van der Waals surface area (Å²) in [6.07, 6.45) is 4.11. The van der Waals surface area contributed by atoms with E-state index in [-0.39, 0.29) is 17.4 Å². The van der Waals surface area contributed by atoms with Gasteiger partial charge in [-0.1, -0.05) is 75.3 Å². The number of furan rings is 1. The van der Waals surface area contributed by atoms with Crippen LogP contribution in [0.3, 0.4) is 0 Å². The lowest BCUT2D eigenvalue weighted by atomic mass is 9.64. The normalized spacial score (nSPS) is 28.1. The van der Waals surface area contributed by atoms with Crippen molar-refractivity contribution in [1.82, 2.24) is 5.32 Å². The smallest absolute Gasteiger partial charge is 0.140 e. The molecule has 0 radical (unpaired) electrons. The second kappa shape index (κ2) is 8.35. The highest BCUT2D eigenvalue weighted by molar-refractivity contribution is 6.16. The van der Waals surface area contributed by atoms with Crippen molar-refractivity contribution < 1.29 is 9.90 Å². The average Bonchev–Trinajstić information content (AvgIpc) is 3.30. The van der Waals surface area contributed by atoms with Crippen LogP contribution in [-0.4, -0.2) is 6.54 Å². The van der Waals surface area contributed by atoms with Crippen LogP contribution < -0.4 is 5.32 Å². The first-order valence-corrected chi connectivity index (χ1v) is 13.5. The van der Waals surface area contributed by atoms with Crippen molar-refractivity contribution in [3.8, 4) is 0 Å². The summed E-state index contributed by atoms with van der Waals surface area (Å²) in [6, 6.07) is 23.5.